The highest BCUT2D eigenvalue weighted by atomic mass is 32.1. The number of hydrogen-bond donors (Lipinski definition) is 3. The number of thiocarbonyl (C=S) groups is 1. The zero-order valence-electron chi connectivity index (χ0n) is 14.4. The maximum absolute atomic E-state index is 9.26. The summed E-state index contributed by atoms with van der Waals surface area (Å²) in [5, 5.41) is 18.9. The second kappa shape index (κ2) is 7.72. The van der Waals surface area contributed by atoms with Gasteiger partial charge in [0.1, 0.15) is 17.4 Å². The van der Waals surface area contributed by atoms with Crippen LogP contribution in [0.15, 0.2) is 36.5 Å². The molecule has 0 unspecified atom stereocenters. The van der Waals surface area contributed by atoms with Crippen LogP contribution in [0.4, 0.5) is 17.3 Å². The molecule has 3 N–H and O–H groups in total. The number of nitriles is 1. The Morgan fingerprint density at radius 1 is 1.19 bits per heavy atom. The molecule has 0 bridgehead atoms. The normalized spacial score (nSPS) is 10.2. The predicted molar refractivity (Wildman–Crippen MR) is 106 cm³/mol. The molecule has 0 atom stereocenters. The van der Waals surface area contributed by atoms with Gasteiger partial charge in [-0.3, -0.25) is 0 Å². The van der Waals surface area contributed by atoms with E-state index in [9.17, 15) is 5.26 Å². The summed E-state index contributed by atoms with van der Waals surface area (Å²) in [5.74, 6) is 1.10. The number of pyridine rings is 1. The number of fused-ring (bicyclic) bond motifs is 1. The van der Waals surface area contributed by atoms with E-state index >= 15 is 0 Å². The van der Waals surface area contributed by atoms with Gasteiger partial charge in [0.15, 0.2) is 16.6 Å². The van der Waals surface area contributed by atoms with Crippen LogP contribution in [0.5, 0.6) is 0 Å². The van der Waals surface area contributed by atoms with Crippen molar-refractivity contribution in [3.05, 3.63) is 47.7 Å². The first-order chi connectivity index (χ1) is 12.6. The summed E-state index contributed by atoms with van der Waals surface area (Å²) in [7, 11) is 0. The Hall–Kier alpha value is -3.31. The van der Waals surface area contributed by atoms with Crippen LogP contribution in [0.3, 0.4) is 0 Å². The fourth-order valence-electron chi connectivity index (χ4n) is 2.35. The fourth-order valence-corrected chi connectivity index (χ4v) is 2.59. The third-order valence-electron chi connectivity index (χ3n) is 3.54. The van der Waals surface area contributed by atoms with Crippen LogP contribution in [0.2, 0.25) is 0 Å². The van der Waals surface area contributed by atoms with Gasteiger partial charge in [-0.2, -0.15) is 5.26 Å². The van der Waals surface area contributed by atoms with E-state index in [-0.39, 0.29) is 0 Å². The lowest BCUT2D eigenvalue weighted by molar-refractivity contribution is 0.978. The molecule has 0 amide bonds. The summed E-state index contributed by atoms with van der Waals surface area (Å²) >= 11 is 5.17. The van der Waals surface area contributed by atoms with Crippen molar-refractivity contribution in [2.24, 2.45) is 0 Å². The molecule has 8 heteroatoms. The molecule has 0 saturated carbocycles. The Balaban J connectivity index is 1.90. The summed E-state index contributed by atoms with van der Waals surface area (Å²) in [6, 6.07) is 11.3. The van der Waals surface area contributed by atoms with E-state index in [1.165, 1.54) is 0 Å². The van der Waals surface area contributed by atoms with E-state index < -0.39 is 0 Å². The van der Waals surface area contributed by atoms with Crippen molar-refractivity contribution in [1.82, 2.24) is 20.3 Å². The number of nitrogens with one attached hydrogen (secondary N) is 3. The maximum Gasteiger partial charge on any atom is 0.182 e. The average Bonchev–Trinajstić information content (AvgIpc) is 2.62. The van der Waals surface area contributed by atoms with Crippen LogP contribution < -0.4 is 16.0 Å². The number of rotatable bonds is 4. The van der Waals surface area contributed by atoms with Crippen molar-refractivity contribution in [2.75, 3.05) is 17.2 Å². The van der Waals surface area contributed by atoms with E-state index in [2.05, 4.69) is 37.0 Å². The molecule has 0 aliphatic carbocycles. The molecule has 0 aliphatic rings. The maximum atomic E-state index is 9.26. The standard InChI is InChI=1S/C18H17N7S/c1-3-20-18(26)25-15-7-6-13-17(23-15)24-16(10-21-13)22-14-8-11(2)4-5-12(14)9-19/h4-8,10H,3H2,1-2H3,(H3,20,22,23,24,25,26). The van der Waals surface area contributed by atoms with Crippen LogP contribution in [-0.4, -0.2) is 26.6 Å². The van der Waals surface area contributed by atoms with Gasteiger partial charge in [0.25, 0.3) is 0 Å². The Labute approximate surface area is 156 Å². The number of aromatic nitrogens is 3. The lowest BCUT2D eigenvalue weighted by Crippen LogP contribution is -2.28. The van der Waals surface area contributed by atoms with Gasteiger partial charge in [-0.1, -0.05) is 6.07 Å². The zero-order valence-corrected chi connectivity index (χ0v) is 15.2. The molecule has 130 valence electrons. The van der Waals surface area contributed by atoms with Crippen LogP contribution in [-0.2, 0) is 0 Å². The van der Waals surface area contributed by atoms with Gasteiger partial charge in [-0.05, 0) is 55.9 Å². The largest absolute Gasteiger partial charge is 0.363 e. The monoisotopic (exact) mass is 363 g/mol. The highest BCUT2D eigenvalue weighted by molar-refractivity contribution is 7.80. The van der Waals surface area contributed by atoms with Crippen molar-refractivity contribution in [3.63, 3.8) is 0 Å². The second-order valence-corrected chi connectivity index (χ2v) is 5.97. The molecule has 26 heavy (non-hydrogen) atoms. The lowest BCUT2D eigenvalue weighted by atomic mass is 10.1. The van der Waals surface area contributed by atoms with Crippen LogP contribution in [0.1, 0.15) is 18.1 Å². The molecular weight excluding hydrogens is 346 g/mol. The Kier molecular flexibility index (Phi) is 5.20. The van der Waals surface area contributed by atoms with Gasteiger partial charge in [0.05, 0.1) is 17.4 Å². The Morgan fingerprint density at radius 2 is 2.00 bits per heavy atom. The fraction of sp³-hybridized carbons (Fsp3) is 0.167. The van der Waals surface area contributed by atoms with Crippen LogP contribution in [0.25, 0.3) is 11.2 Å². The van der Waals surface area contributed by atoms with E-state index in [0.29, 0.717) is 39.2 Å². The summed E-state index contributed by atoms with van der Waals surface area (Å²) < 4.78 is 0. The first-order valence-electron chi connectivity index (χ1n) is 8.05. The average molecular weight is 363 g/mol. The third-order valence-corrected chi connectivity index (χ3v) is 3.79. The lowest BCUT2D eigenvalue weighted by Gasteiger charge is -2.10. The molecule has 3 aromatic rings. The molecule has 3 rings (SSSR count). The first kappa shape index (κ1) is 17.5. The Morgan fingerprint density at radius 3 is 2.77 bits per heavy atom. The molecule has 2 aromatic heterocycles. The molecule has 7 nitrogen and oxygen atoms in total. The van der Waals surface area contributed by atoms with Crippen molar-refractivity contribution in [2.45, 2.75) is 13.8 Å². The predicted octanol–water partition coefficient (Wildman–Crippen LogP) is 3.25. The minimum Gasteiger partial charge on any atom is -0.363 e. The zero-order chi connectivity index (χ0) is 18.5. The summed E-state index contributed by atoms with van der Waals surface area (Å²) in [4.78, 5) is 13.3. The quantitative estimate of drug-likeness (QED) is 0.608. The molecule has 0 radical (unpaired) electrons. The van der Waals surface area contributed by atoms with Crippen molar-refractivity contribution >= 4 is 45.8 Å². The van der Waals surface area contributed by atoms with E-state index in [1.807, 2.05) is 32.0 Å². The van der Waals surface area contributed by atoms with Gasteiger partial charge in [-0.15, -0.1) is 0 Å². The van der Waals surface area contributed by atoms with Crippen LogP contribution >= 0.6 is 12.2 Å². The SMILES string of the molecule is CCNC(=S)Nc1ccc2ncc(Nc3cc(C)ccc3C#N)nc2n1. The van der Waals surface area contributed by atoms with E-state index in [1.54, 1.807) is 18.3 Å². The van der Waals surface area contributed by atoms with Crippen molar-refractivity contribution in [1.29, 1.82) is 5.26 Å². The van der Waals surface area contributed by atoms with Gasteiger partial charge >= 0.3 is 0 Å². The topological polar surface area (TPSA) is 98.6 Å². The van der Waals surface area contributed by atoms with E-state index in [4.69, 9.17) is 12.2 Å². The van der Waals surface area contributed by atoms with Gasteiger partial charge in [-0.25, -0.2) is 15.0 Å². The minimum atomic E-state index is 0.477. The molecule has 0 spiro atoms. The number of benzene rings is 1. The van der Waals surface area contributed by atoms with Crippen LogP contribution in [0, 0.1) is 18.3 Å². The molecule has 0 saturated heterocycles. The second-order valence-electron chi connectivity index (χ2n) is 5.56. The van der Waals surface area contributed by atoms with Gasteiger partial charge in [0.2, 0.25) is 0 Å². The number of hydrogen-bond acceptors (Lipinski definition) is 6. The van der Waals surface area contributed by atoms with Crippen molar-refractivity contribution in [3.8, 4) is 6.07 Å². The smallest absolute Gasteiger partial charge is 0.182 e. The summed E-state index contributed by atoms with van der Waals surface area (Å²) in [5.41, 5.74) is 3.41. The Bertz CT molecular complexity index is 1010. The molecule has 2 heterocycles. The molecular formula is C18H17N7S. The molecule has 0 aliphatic heterocycles. The summed E-state index contributed by atoms with van der Waals surface area (Å²) in [6.45, 7) is 4.65. The first-order valence-corrected chi connectivity index (χ1v) is 8.46. The van der Waals surface area contributed by atoms with E-state index in [0.717, 1.165) is 12.1 Å². The number of nitrogens with zero attached hydrogens (tertiary/aromatic N) is 4. The highest BCUT2D eigenvalue weighted by Crippen LogP contribution is 2.21. The van der Waals surface area contributed by atoms with Gasteiger partial charge < -0.3 is 16.0 Å². The highest BCUT2D eigenvalue weighted by Gasteiger charge is 2.07. The summed E-state index contributed by atoms with van der Waals surface area (Å²) in [6.07, 6.45) is 1.61. The number of aryl methyl sites for hydroxylation is 1. The number of anilines is 3. The minimum absolute atomic E-state index is 0.477. The molecule has 1 aromatic carbocycles. The van der Waals surface area contributed by atoms with Crippen molar-refractivity contribution < 1.29 is 0 Å². The van der Waals surface area contributed by atoms with Gasteiger partial charge in [0, 0.05) is 6.54 Å². The molecule has 0 fully saturated rings. The third kappa shape index (κ3) is 4.02.